The van der Waals surface area contributed by atoms with Crippen molar-refractivity contribution in [3.05, 3.63) is 77.6 Å². The van der Waals surface area contributed by atoms with Gasteiger partial charge in [0, 0.05) is 22.2 Å². The molecule has 0 atom stereocenters. The van der Waals surface area contributed by atoms with Crippen LogP contribution in [0, 0.1) is 0 Å². The number of nitrogens with one attached hydrogen (secondary N) is 2. The molecule has 0 fully saturated rings. The number of hydrogen-bond acceptors (Lipinski definition) is 6. The van der Waals surface area contributed by atoms with Crippen LogP contribution >= 0.6 is 11.6 Å². The number of rotatable bonds is 5. The summed E-state index contributed by atoms with van der Waals surface area (Å²) in [5.74, 6) is -0.0117. The van der Waals surface area contributed by atoms with Crippen molar-refractivity contribution in [1.29, 1.82) is 0 Å². The summed E-state index contributed by atoms with van der Waals surface area (Å²) < 4.78 is 0. The number of hydrazine groups is 1. The van der Waals surface area contributed by atoms with Crippen LogP contribution in [0.4, 0.5) is 5.95 Å². The number of anilines is 1. The summed E-state index contributed by atoms with van der Waals surface area (Å²) in [6.45, 7) is 0. The van der Waals surface area contributed by atoms with E-state index < -0.39 is 0 Å². The molecule has 0 aliphatic rings. The molecule has 138 valence electrons. The number of benzene rings is 2. The van der Waals surface area contributed by atoms with Crippen molar-refractivity contribution >= 4 is 34.4 Å². The van der Waals surface area contributed by atoms with Gasteiger partial charge in [-0.2, -0.15) is 0 Å². The van der Waals surface area contributed by atoms with Crippen LogP contribution in [0.5, 0.6) is 0 Å². The number of hydrogen-bond donors (Lipinski definition) is 2. The summed E-state index contributed by atoms with van der Waals surface area (Å²) in [4.78, 5) is 20.6. The van der Waals surface area contributed by atoms with Crippen molar-refractivity contribution in [2.75, 3.05) is 5.43 Å². The van der Waals surface area contributed by atoms with E-state index in [1.54, 1.807) is 24.5 Å². The normalized spacial score (nSPS) is 10.6. The van der Waals surface area contributed by atoms with E-state index in [1.807, 2.05) is 42.5 Å². The summed E-state index contributed by atoms with van der Waals surface area (Å²) in [7, 11) is 0. The van der Waals surface area contributed by atoms with E-state index in [1.165, 1.54) is 0 Å². The van der Waals surface area contributed by atoms with E-state index in [0.717, 1.165) is 22.0 Å². The van der Waals surface area contributed by atoms with Crippen molar-refractivity contribution in [1.82, 2.24) is 25.6 Å². The molecule has 7 nitrogen and oxygen atoms in total. The fraction of sp³-hybridized carbons (Fsp3) is 0.0500. The monoisotopic (exact) mass is 390 g/mol. The van der Waals surface area contributed by atoms with Crippen LogP contribution in [0.15, 0.2) is 67.0 Å². The molecule has 4 rings (SSSR count). The van der Waals surface area contributed by atoms with Gasteiger partial charge in [-0.1, -0.05) is 35.9 Å². The maximum absolute atomic E-state index is 12.2. The Morgan fingerprint density at radius 1 is 1.00 bits per heavy atom. The Morgan fingerprint density at radius 2 is 1.86 bits per heavy atom. The fourth-order valence-electron chi connectivity index (χ4n) is 2.68. The van der Waals surface area contributed by atoms with Gasteiger partial charge in [-0.25, -0.2) is 4.98 Å². The Balaban J connectivity index is 1.35. The number of carbonyl (C=O) groups excluding carboxylic acids is 1. The molecule has 28 heavy (non-hydrogen) atoms. The van der Waals surface area contributed by atoms with Crippen LogP contribution in [0.25, 0.3) is 22.2 Å². The predicted molar refractivity (Wildman–Crippen MR) is 107 cm³/mol. The second-order valence-corrected chi connectivity index (χ2v) is 6.49. The Kier molecular flexibility index (Phi) is 5.07. The molecule has 0 saturated carbocycles. The first-order valence-electron chi connectivity index (χ1n) is 8.51. The largest absolute Gasteiger partial charge is 0.273 e. The zero-order valence-corrected chi connectivity index (χ0v) is 15.4. The smallest absolute Gasteiger partial charge is 0.261 e. The first-order valence-corrected chi connectivity index (χ1v) is 8.89. The first-order chi connectivity index (χ1) is 13.7. The molecular formula is C20H15ClN6O. The van der Waals surface area contributed by atoms with Crippen LogP contribution in [0.2, 0.25) is 5.02 Å². The highest BCUT2D eigenvalue weighted by molar-refractivity contribution is 6.30. The molecular weight excluding hydrogens is 376 g/mol. The van der Waals surface area contributed by atoms with Gasteiger partial charge in [0.2, 0.25) is 5.91 Å². The number of amides is 1. The Bertz CT molecular complexity index is 1120. The topological polar surface area (TPSA) is 92.7 Å². The van der Waals surface area contributed by atoms with Crippen LogP contribution in [0.1, 0.15) is 5.56 Å². The SMILES string of the molecule is O=C(Cc1ccc2ncccc2c1)NNc1ncc(-c2ccc(Cl)cc2)nn1. The molecule has 2 N–H and O–H groups in total. The van der Waals surface area contributed by atoms with E-state index in [0.29, 0.717) is 10.7 Å². The number of nitrogens with zero attached hydrogens (tertiary/aromatic N) is 4. The summed E-state index contributed by atoms with van der Waals surface area (Å²) >= 11 is 5.88. The number of halogens is 1. The number of pyridine rings is 1. The van der Waals surface area contributed by atoms with Crippen LogP contribution in [-0.4, -0.2) is 26.1 Å². The zero-order chi connectivity index (χ0) is 19.3. The van der Waals surface area contributed by atoms with Gasteiger partial charge in [0.05, 0.1) is 18.1 Å². The van der Waals surface area contributed by atoms with Gasteiger partial charge < -0.3 is 0 Å². The molecule has 0 unspecified atom stereocenters. The second-order valence-electron chi connectivity index (χ2n) is 6.05. The van der Waals surface area contributed by atoms with Crippen molar-refractivity contribution < 1.29 is 4.79 Å². The van der Waals surface area contributed by atoms with Gasteiger partial charge in [-0.3, -0.25) is 20.6 Å². The molecule has 0 aliphatic carbocycles. The highest BCUT2D eigenvalue weighted by atomic mass is 35.5. The van der Waals surface area contributed by atoms with E-state index in [9.17, 15) is 4.79 Å². The average Bonchev–Trinajstić information content (AvgIpc) is 2.73. The van der Waals surface area contributed by atoms with Gasteiger partial charge in [0.25, 0.3) is 5.95 Å². The second kappa shape index (κ2) is 7.98. The van der Waals surface area contributed by atoms with Crippen molar-refractivity contribution in [3.8, 4) is 11.3 Å². The highest BCUT2D eigenvalue weighted by Crippen LogP contribution is 2.18. The van der Waals surface area contributed by atoms with Gasteiger partial charge in [0.15, 0.2) is 0 Å². The van der Waals surface area contributed by atoms with E-state index in [4.69, 9.17) is 11.6 Å². The lowest BCUT2D eigenvalue weighted by Crippen LogP contribution is -2.31. The summed E-state index contributed by atoms with van der Waals surface area (Å²) in [6, 6.07) is 16.8. The lowest BCUT2D eigenvalue weighted by molar-refractivity contribution is -0.119. The maximum atomic E-state index is 12.2. The molecule has 2 aromatic carbocycles. The molecule has 0 aliphatic heterocycles. The van der Waals surface area contributed by atoms with Gasteiger partial charge in [-0.05, 0) is 35.9 Å². The third-order valence-corrected chi connectivity index (χ3v) is 4.30. The number of fused-ring (bicyclic) bond motifs is 1. The number of aromatic nitrogens is 4. The molecule has 0 radical (unpaired) electrons. The Hall–Kier alpha value is -3.58. The standard InChI is InChI=1S/C20H15ClN6O/c21-16-6-4-14(5-7-16)18-12-23-20(26-24-18)27-25-19(28)11-13-3-8-17-15(10-13)2-1-9-22-17/h1-10,12H,11H2,(H,25,28)(H,23,26,27). The summed E-state index contributed by atoms with van der Waals surface area (Å²) in [5.41, 5.74) is 8.49. The highest BCUT2D eigenvalue weighted by Gasteiger charge is 2.06. The Morgan fingerprint density at radius 3 is 2.64 bits per heavy atom. The molecule has 0 bridgehead atoms. The van der Waals surface area contributed by atoms with Gasteiger partial charge >= 0.3 is 0 Å². The quantitative estimate of drug-likeness (QED) is 0.507. The van der Waals surface area contributed by atoms with Gasteiger partial charge in [-0.15, -0.1) is 10.2 Å². The molecule has 0 spiro atoms. The van der Waals surface area contributed by atoms with E-state index in [2.05, 4.69) is 31.0 Å². The predicted octanol–water partition coefficient (Wildman–Crippen LogP) is 3.43. The average molecular weight is 391 g/mol. The third kappa shape index (κ3) is 4.21. The molecule has 2 heterocycles. The van der Waals surface area contributed by atoms with Crippen LogP contribution in [0.3, 0.4) is 0 Å². The lowest BCUT2D eigenvalue weighted by atomic mass is 10.1. The third-order valence-electron chi connectivity index (χ3n) is 4.05. The van der Waals surface area contributed by atoms with Gasteiger partial charge in [0.1, 0.15) is 5.69 Å². The van der Waals surface area contributed by atoms with Crippen LogP contribution < -0.4 is 10.9 Å². The van der Waals surface area contributed by atoms with E-state index in [-0.39, 0.29) is 18.3 Å². The molecule has 2 aromatic heterocycles. The number of carbonyl (C=O) groups is 1. The fourth-order valence-corrected chi connectivity index (χ4v) is 2.80. The molecule has 8 heteroatoms. The zero-order valence-electron chi connectivity index (χ0n) is 14.6. The van der Waals surface area contributed by atoms with E-state index >= 15 is 0 Å². The minimum atomic E-state index is -0.214. The van der Waals surface area contributed by atoms with Crippen molar-refractivity contribution in [2.24, 2.45) is 0 Å². The van der Waals surface area contributed by atoms with Crippen molar-refractivity contribution in [2.45, 2.75) is 6.42 Å². The summed E-state index contributed by atoms with van der Waals surface area (Å²) in [6.07, 6.45) is 3.53. The van der Waals surface area contributed by atoms with Crippen molar-refractivity contribution in [3.63, 3.8) is 0 Å². The first kappa shape index (κ1) is 17.8. The Labute approximate surface area is 165 Å². The molecule has 1 amide bonds. The lowest BCUT2D eigenvalue weighted by Gasteiger charge is -2.07. The molecule has 4 aromatic rings. The van der Waals surface area contributed by atoms with Crippen LogP contribution in [-0.2, 0) is 11.2 Å². The summed E-state index contributed by atoms with van der Waals surface area (Å²) in [5, 5.41) is 9.71. The minimum absolute atomic E-state index is 0.203. The minimum Gasteiger partial charge on any atom is -0.273 e. The molecule has 0 saturated heterocycles. The maximum Gasteiger partial charge on any atom is 0.261 e.